The minimum Gasteiger partial charge on any atom is -0.368 e. The van der Waals surface area contributed by atoms with Gasteiger partial charge in [0.05, 0.1) is 0 Å². The van der Waals surface area contributed by atoms with Crippen molar-refractivity contribution in [1.29, 1.82) is 0 Å². The van der Waals surface area contributed by atoms with Crippen molar-refractivity contribution < 1.29 is 9.59 Å². The van der Waals surface area contributed by atoms with Crippen molar-refractivity contribution in [2.45, 2.75) is 13.0 Å². The van der Waals surface area contributed by atoms with E-state index in [0.717, 1.165) is 0 Å². The summed E-state index contributed by atoms with van der Waals surface area (Å²) in [6.45, 7) is 1.52. The summed E-state index contributed by atoms with van der Waals surface area (Å²) in [5.41, 5.74) is 8.61. The number of carbonyl (C=O) groups is 2. The number of anilines is 1. The molecule has 6 nitrogen and oxygen atoms in total. The van der Waals surface area contributed by atoms with Crippen LogP contribution in [0.2, 0.25) is 0 Å². The second-order valence-corrected chi connectivity index (χ2v) is 3.32. The molecule has 0 aromatic heterocycles. The number of hydrogen-bond acceptors (Lipinski definition) is 4. The van der Waals surface area contributed by atoms with Crippen molar-refractivity contribution in [2.75, 3.05) is 5.43 Å². The van der Waals surface area contributed by atoms with E-state index in [0.29, 0.717) is 11.3 Å². The van der Waals surface area contributed by atoms with E-state index in [2.05, 4.69) is 10.7 Å². The largest absolute Gasteiger partial charge is 0.368 e. The van der Waals surface area contributed by atoms with Gasteiger partial charge >= 0.3 is 0 Å². The molecule has 0 aliphatic rings. The Labute approximate surface area is 93.0 Å². The number of amides is 2. The highest BCUT2D eigenvalue weighted by molar-refractivity contribution is 5.97. The maximum absolute atomic E-state index is 11.6. The SMILES string of the molecule is CC(NC(=O)c1ccc(NN)cc1)C(N)=O. The second kappa shape index (κ2) is 5.13. The number of primary amides is 1. The zero-order valence-electron chi connectivity index (χ0n) is 8.86. The standard InChI is InChI=1S/C10H14N4O2/c1-6(9(11)15)13-10(16)7-2-4-8(14-12)5-3-7/h2-6,14H,12H2,1H3,(H2,11,15)(H,13,16). The summed E-state index contributed by atoms with van der Waals surface area (Å²) in [6.07, 6.45) is 0. The Morgan fingerprint density at radius 3 is 2.25 bits per heavy atom. The molecule has 6 N–H and O–H groups in total. The molecule has 1 atom stereocenters. The van der Waals surface area contributed by atoms with Gasteiger partial charge in [0.2, 0.25) is 5.91 Å². The van der Waals surface area contributed by atoms with Crippen molar-refractivity contribution in [3.63, 3.8) is 0 Å². The zero-order valence-corrected chi connectivity index (χ0v) is 8.86. The molecule has 1 aromatic carbocycles. The van der Waals surface area contributed by atoms with Gasteiger partial charge in [-0.2, -0.15) is 0 Å². The smallest absolute Gasteiger partial charge is 0.251 e. The van der Waals surface area contributed by atoms with Crippen molar-refractivity contribution >= 4 is 17.5 Å². The molecule has 1 rings (SSSR count). The minimum absolute atomic E-state index is 0.352. The summed E-state index contributed by atoms with van der Waals surface area (Å²) in [5, 5.41) is 2.47. The van der Waals surface area contributed by atoms with Gasteiger partial charge in [0.1, 0.15) is 6.04 Å². The van der Waals surface area contributed by atoms with Gasteiger partial charge in [-0.3, -0.25) is 15.4 Å². The molecule has 0 saturated heterocycles. The third-order valence-corrected chi connectivity index (χ3v) is 2.09. The van der Waals surface area contributed by atoms with Gasteiger partial charge < -0.3 is 16.5 Å². The normalized spacial score (nSPS) is 11.6. The minimum atomic E-state index is -0.695. The number of rotatable bonds is 4. The van der Waals surface area contributed by atoms with Crippen molar-refractivity contribution in [2.24, 2.45) is 11.6 Å². The first-order valence-electron chi connectivity index (χ1n) is 4.71. The predicted octanol–water partition coefficient (Wildman–Crippen LogP) is -0.424. The first-order chi connectivity index (χ1) is 7.54. The molecule has 0 fully saturated rings. The van der Waals surface area contributed by atoms with E-state index in [9.17, 15) is 9.59 Å². The zero-order chi connectivity index (χ0) is 12.1. The summed E-state index contributed by atoms with van der Waals surface area (Å²) in [7, 11) is 0. The van der Waals surface area contributed by atoms with E-state index >= 15 is 0 Å². The molecule has 1 unspecified atom stereocenters. The first-order valence-corrected chi connectivity index (χ1v) is 4.71. The molecule has 0 aliphatic heterocycles. The molecule has 16 heavy (non-hydrogen) atoms. The van der Waals surface area contributed by atoms with Crippen molar-refractivity contribution in [3.8, 4) is 0 Å². The first kappa shape index (κ1) is 12.0. The number of hydrazine groups is 1. The Kier molecular flexibility index (Phi) is 3.84. The van der Waals surface area contributed by atoms with Crippen LogP contribution < -0.4 is 22.3 Å². The number of nitrogens with one attached hydrogen (secondary N) is 2. The van der Waals surface area contributed by atoms with E-state index in [1.54, 1.807) is 24.3 Å². The van der Waals surface area contributed by atoms with Crippen LogP contribution in [0.3, 0.4) is 0 Å². The molecule has 0 saturated carbocycles. The lowest BCUT2D eigenvalue weighted by Gasteiger charge is -2.10. The molecule has 86 valence electrons. The Balaban J connectivity index is 2.69. The lowest BCUT2D eigenvalue weighted by atomic mass is 10.2. The summed E-state index contributed by atoms with van der Waals surface area (Å²) in [5.74, 6) is 4.26. The van der Waals surface area contributed by atoms with Crippen LogP contribution in [0.4, 0.5) is 5.69 Å². The highest BCUT2D eigenvalue weighted by Gasteiger charge is 2.13. The van der Waals surface area contributed by atoms with Gasteiger partial charge in [0.15, 0.2) is 0 Å². The molecule has 1 aromatic rings. The van der Waals surface area contributed by atoms with Gasteiger partial charge in [0.25, 0.3) is 5.91 Å². The van der Waals surface area contributed by atoms with E-state index in [1.807, 2.05) is 0 Å². The fourth-order valence-electron chi connectivity index (χ4n) is 1.07. The fraction of sp³-hybridized carbons (Fsp3) is 0.200. The number of nitrogen functional groups attached to an aromatic ring is 1. The molecule has 6 heteroatoms. The van der Waals surface area contributed by atoms with E-state index in [-0.39, 0.29) is 5.91 Å². The van der Waals surface area contributed by atoms with E-state index in [4.69, 9.17) is 11.6 Å². The van der Waals surface area contributed by atoms with Crippen molar-refractivity contribution in [1.82, 2.24) is 5.32 Å². The van der Waals surface area contributed by atoms with E-state index in [1.165, 1.54) is 6.92 Å². The topological polar surface area (TPSA) is 110 Å². The summed E-state index contributed by atoms with van der Waals surface area (Å²) in [6, 6.07) is 5.81. The summed E-state index contributed by atoms with van der Waals surface area (Å²) in [4.78, 5) is 22.3. The Hall–Kier alpha value is -2.08. The van der Waals surface area contributed by atoms with Crippen LogP contribution >= 0.6 is 0 Å². The van der Waals surface area contributed by atoms with Gasteiger partial charge in [0, 0.05) is 11.3 Å². The molecule has 0 bridgehead atoms. The highest BCUT2D eigenvalue weighted by Crippen LogP contribution is 2.07. The lowest BCUT2D eigenvalue weighted by molar-refractivity contribution is -0.119. The molecular weight excluding hydrogens is 208 g/mol. The monoisotopic (exact) mass is 222 g/mol. The number of benzene rings is 1. The van der Waals surface area contributed by atoms with Crippen LogP contribution in [0.25, 0.3) is 0 Å². The van der Waals surface area contributed by atoms with Gasteiger partial charge in [-0.05, 0) is 31.2 Å². The van der Waals surface area contributed by atoms with Crippen LogP contribution in [0.5, 0.6) is 0 Å². The van der Waals surface area contributed by atoms with Gasteiger partial charge in [-0.1, -0.05) is 0 Å². The average molecular weight is 222 g/mol. The van der Waals surface area contributed by atoms with Crippen molar-refractivity contribution in [3.05, 3.63) is 29.8 Å². The van der Waals surface area contributed by atoms with E-state index < -0.39 is 11.9 Å². The molecule has 0 radical (unpaired) electrons. The average Bonchev–Trinajstić information content (AvgIpc) is 2.28. The summed E-state index contributed by atoms with van der Waals surface area (Å²) >= 11 is 0. The fourth-order valence-corrected chi connectivity index (χ4v) is 1.07. The lowest BCUT2D eigenvalue weighted by Crippen LogP contribution is -2.42. The molecular formula is C10H14N4O2. The number of carbonyl (C=O) groups excluding carboxylic acids is 2. The molecule has 0 aliphatic carbocycles. The predicted molar refractivity (Wildman–Crippen MR) is 60.4 cm³/mol. The second-order valence-electron chi connectivity index (χ2n) is 3.32. The van der Waals surface area contributed by atoms with Crippen LogP contribution in [0.1, 0.15) is 17.3 Å². The highest BCUT2D eigenvalue weighted by atomic mass is 16.2. The van der Waals surface area contributed by atoms with Crippen LogP contribution in [0, 0.1) is 0 Å². The molecule has 0 spiro atoms. The third-order valence-electron chi connectivity index (χ3n) is 2.09. The molecule has 2 amide bonds. The Morgan fingerprint density at radius 2 is 1.81 bits per heavy atom. The maximum atomic E-state index is 11.6. The van der Waals surface area contributed by atoms with Gasteiger partial charge in [-0.15, -0.1) is 0 Å². The summed E-state index contributed by atoms with van der Waals surface area (Å²) < 4.78 is 0. The molecule has 0 heterocycles. The van der Waals surface area contributed by atoms with Crippen LogP contribution in [0.15, 0.2) is 24.3 Å². The van der Waals surface area contributed by atoms with Gasteiger partial charge in [-0.25, -0.2) is 0 Å². The number of nitrogens with two attached hydrogens (primary N) is 2. The Bertz CT molecular complexity index is 388. The maximum Gasteiger partial charge on any atom is 0.251 e. The van der Waals surface area contributed by atoms with Crippen LogP contribution in [-0.4, -0.2) is 17.9 Å². The quantitative estimate of drug-likeness (QED) is 0.409. The number of hydrogen-bond donors (Lipinski definition) is 4. The Morgan fingerprint density at radius 1 is 1.25 bits per heavy atom. The van der Waals surface area contributed by atoms with Crippen LogP contribution in [-0.2, 0) is 4.79 Å². The third kappa shape index (κ3) is 2.96.